The summed E-state index contributed by atoms with van der Waals surface area (Å²) in [5.41, 5.74) is 0.781. The lowest BCUT2D eigenvalue weighted by Crippen LogP contribution is -2.29. The summed E-state index contributed by atoms with van der Waals surface area (Å²) in [6.45, 7) is 2.56. The minimum Gasteiger partial charge on any atom is -0.494 e. The fraction of sp³-hybridized carbons (Fsp3) is 0.238. The number of hydrogen-bond acceptors (Lipinski definition) is 7. The summed E-state index contributed by atoms with van der Waals surface area (Å²) in [6, 6.07) is 10.7. The van der Waals surface area contributed by atoms with Crippen molar-refractivity contribution >= 4 is 29.4 Å². The van der Waals surface area contributed by atoms with Crippen LogP contribution in [0.4, 0.5) is 5.69 Å². The monoisotopic (exact) mass is 395 g/mol. The zero-order chi connectivity index (χ0) is 20.5. The normalized spacial score (nSPS) is 17.9. The molecule has 0 N–H and O–H groups in total. The average molecular weight is 395 g/mol. The van der Waals surface area contributed by atoms with Gasteiger partial charge in [-0.15, -0.1) is 0 Å². The van der Waals surface area contributed by atoms with Gasteiger partial charge in [-0.25, -0.2) is 14.5 Å². The Labute approximate surface area is 166 Å². The number of fused-ring (bicyclic) bond motifs is 1. The molecular formula is C21H17NO7. The van der Waals surface area contributed by atoms with Gasteiger partial charge in [-0.05, 0) is 49.4 Å². The van der Waals surface area contributed by atoms with Gasteiger partial charge in [0.15, 0.2) is 0 Å². The van der Waals surface area contributed by atoms with E-state index in [-0.39, 0.29) is 23.3 Å². The molecule has 2 aromatic carbocycles. The number of nitrogens with zero attached hydrogens (tertiary/aromatic N) is 1. The summed E-state index contributed by atoms with van der Waals surface area (Å²) in [5, 5.41) is 0. The molecule has 29 heavy (non-hydrogen) atoms. The third-order valence-electron chi connectivity index (χ3n) is 4.66. The van der Waals surface area contributed by atoms with E-state index < -0.39 is 29.9 Å². The van der Waals surface area contributed by atoms with E-state index >= 15 is 0 Å². The van der Waals surface area contributed by atoms with Gasteiger partial charge in [0.1, 0.15) is 5.75 Å². The van der Waals surface area contributed by atoms with Crippen LogP contribution < -0.4 is 9.64 Å². The van der Waals surface area contributed by atoms with E-state index in [0.29, 0.717) is 24.5 Å². The maximum Gasteiger partial charge on any atom is 0.347 e. The van der Waals surface area contributed by atoms with E-state index in [4.69, 9.17) is 14.2 Å². The zero-order valence-electron chi connectivity index (χ0n) is 15.5. The number of imide groups is 1. The van der Waals surface area contributed by atoms with E-state index in [2.05, 4.69) is 0 Å². The molecule has 0 aromatic heterocycles. The number of ether oxygens (including phenoxy) is 3. The Hall–Kier alpha value is -3.68. The van der Waals surface area contributed by atoms with Crippen LogP contribution in [-0.4, -0.2) is 43.1 Å². The van der Waals surface area contributed by atoms with E-state index in [1.165, 1.54) is 18.2 Å². The van der Waals surface area contributed by atoms with Gasteiger partial charge in [-0.1, -0.05) is 0 Å². The van der Waals surface area contributed by atoms with Crippen LogP contribution in [0, 0.1) is 0 Å². The molecule has 0 saturated carbocycles. The molecule has 2 amide bonds. The van der Waals surface area contributed by atoms with Gasteiger partial charge in [0.2, 0.25) is 6.10 Å². The van der Waals surface area contributed by atoms with Crippen molar-refractivity contribution in [3.05, 3.63) is 59.2 Å². The van der Waals surface area contributed by atoms with Gasteiger partial charge in [0, 0.05) is 6.42 Å². The van der Waals surface area contributed by atoms with Crippen LogP contribution in [0.25, 0.3) is 0 Å². The fourth-order valence-corrected chi connectivity index (χ4v) is 3.24. The molecule has 2 aromatic rings. The van der Waals surface area contributed by atoms with Gasteiger partial charge < -0.3 is 14.2 Å². The molecule has 2 aliphatic heterocycles. The summed E-state index contributed by atoms with van der Waals surface area (Å²) in [6.07, 6.45) is -0.660. The summed E-state index contributed by atoms with van der Waals surface area (Å²) < 4.78 is 15.3. The third kappa shape index (κ3) is 3.33. The highest BCUT2D eigenvalue weighted by Gasteiger charge is 2.38. The lowest BCUT2D eigenvalue weighted by atomic mass is 10.1. The van der Waals surface area contributed by atoms with Crippen LogP contribution in [0.15, 0.2) is 42.5 Å². The maximum atomic E-state index is 12.8. The Kier molecular flexibility index (Phi) is 4.75. The molecule has 4 rings (SSSR count). The molecule has 0 aliphatic carbocycles. The number of hydrogen-bond donors (Lipinski definition) is 0. The molecule has 2 aliphatic rings. The second-order valence-electron chi connectivity index (χ2n) is 6.48. The minimum absolute atomic E-state index is 0.0816. The second-order valence-corrected chi connectivity index (χ2v) is 6.48. The number of esters is 2. The first-order chi connectivity index (χ1) is 14.0. The van der Waals surface area contributed by atoms with E-state index in [9.17, 15) is 19.2 Å². The van der Waals surface area contributed by atoms with Crippen molar-refractivity contribution in [3.8, 4) is 5.75 Å². The lowest BCUT2D eigenvalue weighted by molar-refractivity contribution is -0.145. The zero-order valence-corrected chi connectivity index (χ0v) is 15.5. The molecular weight excluding hydrogens is 378 g/mol. The first kappa shape index (κ1) is 18.7. The van der Waals surface area contributed by atoms with Crippen molar-refractivity contribution in [1.82, 2.24) is 0 Å². The summed E-state index contributed by atoms with van der Waals surface area (Å²) in [5.74, 6) is -1.73. The molecule has 0 unspecified atom stereocenters. The molecule has 0 bridgehead atoms. The van der Waals surface area contributed by atoms with Crippen LogP contribution in [0.1, 0.15) is 44.4 Å². The van der Waals surface area contributed by atoms with E-state index in [1.807, 2.05) is 6.92 Å². The highest BCUT2D eigenvalue weighted by Crippen LogP contribution is 2.30. The molecule has 148 valence electrons. The molecule has 0 spiro atoms. The molecule has 1 fully saturated rings. The Morgan fingerprint density at radius 3 is 2.45 bits per heavy atom. The van der Waals surface area contributed by atoms with Crippen LogP contribution >= 0.6 is 0 Å². The number of cyclic esters (lactones) is 1. The van der Waals surface area contributed by atoms with E-state index in [1.54, 1.807) is 24.3 Å². The SMILES string of the molecule is CCOc1ccc(N2C(=O)c3ccc(C(=O)O[C@@H]4CCOC4=O)cc3C2=O)cc1. The molecule has 1 atom stereocenters. The average Bonchev–Trinajstić information content (AvgIpc) is 3.23. The maximum absolute atomic E-state index is 12.8. The van der Waals surface area contributed by atoms with Gasteiger partial charge in [0.25, 0.3) is 11.8 Å². The number of carbonyl (C=O) groups is 4. The minimum atomic E-state index is -0.951. The predicted octanol–water partition coefficient (Wildman–Crippen LogP) is 2.36. The van der Waals surface area contributed by atoms with Crippen LogP contribution in [0.5, 0.6) is 5.75 Å². The molecule has 8 nitrogen and oxygen atoms in total. The van der Waals surface area contributed by atoms with Crippen LogP contribution in [0.2, 0.25) is 0 Å². The number of benzene rings is 2. The van der Waals surface area contributed by atoms with Crippen molar-refractivity contribution in [2.24, 2.45) is 0 Å². The number of amides is 2. The quantitative estimate of drug-likeness (QED) is 0.566. The Morgan fingerprint density at radius 2 is 1.79 bits per heavy atom. The van der Waals surface area contributed by atoms with Crippen LogP contribution in [0.3, 0.4) is 0 Å². The van der Waals surface area contributed by atoms with Gasteiger partial charge in [-0.2, -0.15) is 0 Å². The summed E-state index contributed by atoms with van der Waals surface area (Å²) in [4.78, 5) is 50.4. The topological polar surface area (TPSA) is 99.2 Å². The Balaban J connectivity index is 1.57. The molecule has 2 heterocycles. The summed E-state index contributed by atoms with van der Waals surface area (Å²) >= 11 is 0. The summed E-state index contributed by atoms with van der Waals surface area (Å²) in [7, 11) is 0. The fourth-order valence-electron chi connectivity index (χ4n) is 3.24. The Bertz CT molecular complexity index is 1010. The number of carbonyl (C=O) groups excluding carboxylic acids is 4. The Morgan fingerprint density at radius 1 is 1.07 bits per heavy atom. The lowest BCUT2D eigenvalue weighted by Gasteiger charge is -2.14. The molecule has 8 heteroatoms. The van der Waals surface area contributed by atoms with Crippen LogP contribution in [-0.2, 0) is 14.3 Å². The first-order valence-electron chi connectivity index (χ1n) is 9.13. The van der Waals surface area contributed by atoms with Crippen molar-refractivity contribution < 1.29 is 33.4 Å². The van der Waals surface area contributed by atoms with Crippen molar-refractivity contribution in [1.29, 1.82) is 0 Å². The van der Waals surface area contributed by atoms with Gasteiger partial charge >= 0.3 is 11.9 Å². The standard InChI is InChI=1S/C21H17NO7/c1-2-27-14-6-4-13(5-7-14)22-18(23)15-8-3-12(11-16(15)19(22)24)20(25)29-17-9-10-28-21(17)26/h3-8,11,17H,2,9-10H2,1H3/t17-/m1/s1. The van der Waals surface area contributed by atoms with Gasteiger partial charge in [-0.3, -0.25) is 9.59 Å². The van der Waals surface area contributed by atoms with E-state index in [0.717, 1.165) is 4.90 Å². The molecule has 1 saturated heterocycles. The number of rotatable bonds is 5. The highest BCUT2D eigenvalue weighted by atomic mass is 16.6. The first-order valence-corrected chi connectivity index (χ1v) is 9.13. The highest BCUT2D eigenvalue weighted by molar-refractivity contribution is 6.34. The van der Waals surface area contributed by atoms with Crippen molar-refractivity contribution in [2.45, 2.75) is 19.4 Å². The largest absolute Gasteiger partial charge is 0.494 e. The molecule has 0 radical (unpaired) electrons. The smallest absolute Gasteiger partial charge is 0.347 e. The third-order valence-corrected chi connectivity index (χ3v) is 4.66. The van der Waals surface area contributed by atoms with Crippen molar-refractivity contribution in [2.75, 3.05) is 18.1 Å². The number of anilines is 1. The predicted molar refractivity (Wildman–Crippen MR) is 100.0 cm³/mol. The second kappa shape index (κ2) is 7.38. The van der Waals surface area contributed by atoms with Crippen molar-refractivity contribution in [3.63, 3.8) is 0 Å². The van der Waals surface area contributed by atoms with Gasteiger partial charge in [0.05, 0.1) is 35.6 Å².